The maximum Gasteiger partial charge on any atom is 0.0339 e. The van der Waals surface area contributed by atoms with Crippen molar-refractivity contribution in [1.82, 2.24) is 0 Å². The monoisotopic (exact) mass is 170 g/mol. The van der Waals surface area contributed by atoms with Crippen LogP contribution in [0, 0.1) is 12.3 Å². The lowest BCUT2D eigenvalue weighted by atomic mass is 10.6. The molecule has 0 aliphatic rings. The molecular weight excluding hydrogens is 152 g/mol. The first-order valence-electron chi connectivity index (χ1n) is 4.35. The minimum Gasteiger partial charge on any atom is -0.120 e. The third-order valence-corrected chi connectivity index (χ3v) is 6.52. The van der Waals surface area contributed by atoms with Gasteiger partial charge in [0.25, 0.3) is 0 Å². The van der Waals surface area contributed by atoms with Gasteiger partial charge in [0.2, 0.25) is 0 Å². The highest BCUT2D eigenvalue weighted by atomic mass is 28.2. The normalized spacial score (nSPS) is 11.6. The quantitative estimate of drug-likeness (QED) is 0.317. The van der Waals surface area contributed by atoms with Crippen molar-refractivity contribution >= 4 is 19.0 Å². The van der Waals surface area contributed by atoms with E-state index < -0.39 is 0 Å². The summed E-state index contributed by atoms with van der Waals surface area (Å²) in [4.78, 5) is 0. The molecule has 10 heavy (non-hydrogen) atoms. The van der Waals surface area contributed by atoms with Gasteiger partial charge in [-0.25, -0.2) is 0 Å². The molecule has 0 aromatic rings. The molecule has 0 fully saturated rings. The molecule has 0 aliphatic heterocycles. The minimum absolute atomic E-state index is 0.182. The highest BCUT2D eigenvalue weighted by Crippen LogP contribution is 1.96. The van der Waals surface area contributed by atoms with Crippen molar-refractivity contribution in [2.24, 2.45) is 0 Å². The standard InChI is InChI=1S/C8H18Si2/c1-3-5-9-7-8-10-6-4-2/h1H,4-10H2,2H3. The molecule has 0 heterocycles. The average Bonchev–Trinajstić information content (AvgIpc) is 1.97. The van der Waals surface area contributed by atoms with Crippen LogP contribution in [0.4, 0.5) is 0 Å². The van der Waals surface area contributed by atoms with Crippen LogP contribution in [0.5, 0.6) is 0 Å². The minimum atomic E-state index is 0.182. The second-order valence-corrected chi connectivity index (χ2v) is 6.76. The highest BCUT2D eigenvalue weighted by Gasteiger charge is 1.88. The fraction of sp³-hybridized carbons (Fsp3) is 0.750. The molecule has 0 radical (unpaired) electrons. The van der Waals surface area contributed by atoms with Crippen molar-refractivity contribution in [3.05, 3.63) is 0 Å². The van der Waals surface area contributed by atoms with Crippen LogP contribution in [-0.4, -0.2) is 19.0 Å². The highest BCUT2D eigenvalue weighted by molar-refractivity contribution is 6.42. The van der Waals surface area contributed by atoms with E-state index in [0.29, 0.717) is 9.52 Å². The molecule has 0 atom stereocenters. The van der Waals surface area contributed by atoms with E-state index in [-0.39, 0.29) is 9.52 Å². The summed E-state index contributed by atoms with van der Waals surface area (Å²) in [6.07, 6.45) is 6.57. The predicted molar refractivity (Wildman–Crippen MR) is 55.4 cm³/mol. The Labute approximate surface area is 69.4 Å². The third kappa shape index (κ3) is 7.99. The lowest BCUT2D eigenvalue weighted by Gasteiger charge is -1.94. The molecule has 0 amide bonds. The smallest absolute Gasteiger partial charge is 0.0339 e. The molecule has 0 unspecified atom stereocenters. The van der Waals surface area contributed by atoms with Gasteiger partial charge in [0.15, 0.2) is 0 Å². The first-order chi connectivity index (χ1) is 4.91. The van der Waals surface area contributed by atoms with Crippen LogP contribution in [0.1, 0.15) is 13.3 Å². The van der Waals surface area contributed by atoms with E-state index in [1.807, 2.05) is 0 Å². The van der Waals surface area contributed by atoms with Gasteiger partial charge in [0.1, 0.15) is 0 Å². The Hall–Kier alpha value is -0.00623. The first-order valence-corrected chi connectivity index (χ1v) is 8.35. The molecule has 0 aromatic carbocycles. The molecule has 58 valence electrons. The molecule has 0 N–H and O–H groups in total. The molecule has 0 saturated heterocycles. The number of rotatable bonds is 6. The fourth-order valence-electron chi connectivity index (χ4n) is 1.01. The molecule has 0 aliphatic carbocycles. The van der Waals surface area contributed by atoms with Gasteiger partial charge in [-0.05, 0) is 6.04 Å². The van der Waals surface area contributed by atoms with Gasteiger partial charge in [-0.2, -0.15) is 0 Å². The van der Waals surface area contributed by atoms with Gasteiger partial charge < -0.3 is 0 Å². The van der Waals surface area contributed by atoms with Crippen LogP contribution in [0.2, 0.25) is 24.2 Å². The largest absolute Gasteiger partial charge is 0.120 e. The summed E-state index contributed by atoms with van der Waals surface area (Å²) in [6.45, 7) is 2.28. The van der Waals surface area contributed by atoms with E-state index in [4.69, 9.17) is 6.42 Å². The van der Waals surface area contributed by atoms with Crippen molar-refractivity contribution < 1.29 is 0 Å². The molecule has 0 bridgehead atoms. The predicted octanol–water partition coefficient (Wildman–Crippen LogP) is 1.04. The number of hydrogen-bond donors (Lipinski definition) is 0. The number of hydrogen-bond acceptors (Lipinski definition) is 0. The summed E-state index contributed by atoms with van der Waals surface area (Å²) in [5, 5.41) is 0. The second-order valence-electron chi connectivity index (χ2n) is 2.72. The average molecular weight is 170 g/mol. The Bertz CT molecular complexity index is 93.9. The Morgan fingerprint density at radius 2 is 1.90 bits per heavy atom. The van der Waals surface area contributed by atoms with Crippen molar-refractivity contribution in [2.75, 3.05) is 0 Å². The molecular formula is C8H18Si2. The topological polar surface area (TPSA) is 0 Å². The Morgan fingerprint density at radius 3 is 2.50 bits per heavy atom. The lowest BCUT2D eigenvalue weighted by Crippen LogP contribution is -1.92. The lowest BCUT2D eigenvalue weighted by molar-refractivity contribution is 1.07. The van der Waals surface area contributed by atoms with E-state index in [1.54, 1.807) is 12.1 Å². The van der Waals surface area contributed by atoms with Gasteiger partial charge in [0.05, 0.1) is 0 Å². The molecule has 0 rings (SSSR count). The van der Waals surface area contributed by atoms with Crippen LogP contribution in [0.3, 0.4) is 0 Å². The van der Waals surface area contributed by atoms with Crippen molar-refractivity contribution in [3.8, 4) is 12.3 Å². The van der Waals surface area contributed by atoms with Crippen LogP contribution in [0.25, 0.3) is 0 Å². The zero-order valence-corrected chi connectivity index (χ0v) is 9.86. The molecule has 0 saturated carbocycles. The van der Waals surface area contributed by atoms with Crippen molar-refractivity contribution in [1.29, 1.82) is 0 Å². The van der Waals surface area contributed by atoms with E-state index in [1.165, 1.54) is 12.5 Å². The third-order valence-electron chi connectivity index (χ3n) is 1.67. The maximum atomic E-state index is 5.17. The zero-order chi connectivity index (χ0) is 7.66. The first kappa shape index (κ1) is 9.99. The molecule has 0 nitrogen and oxygen atoms in total. The SMILES string of the molecule is C#CC[SiH2]CC[SiH2]CCC. The van der Waals surface area contributed by atoms with Crippen LogP contribution < -0.4 is 0 Å². The maximum absolute atomic E-state index is 5.17. The van der Waals surface area contributed by atoms with Gasteiger partial charge in [0, 0.05) is 19.0 Å². The van der Waals surface area contributed by atoms with Gasteiger partial charge in [-0.3, -0.25) is 0 Å². The number of terminal acetylenes is 1. The van der Waals surface area contributed by atoms with E-state index in [0.717, 1.165) is 6.04 Å². The van der Waals surface area contributed by atoms with E-state index in [2.05, 4.69) is 12.8 Å². The second kappa shape index (κ2) is 8.99. The summed E-state index contributed by atoms with van der Waals surface area (Å²) in [5.74, 6) is 2.74. The zero-order valence-electron chi connectivity index (χ0n) is 7.03. The Balaban J connectivity index is 2.72. The van der Waals surface area contributed by atoms with Crippen LogP contribution in [-0.2, 0) is 0 Å². The molecule has 2 heteroatoms. The van der Waals surface area contributed by atoms with E-state index >= 15 is 0 Å². The van der Waals surface area contributed by atoms with E-state index in [9.17, 15) is 0 Å². The summed E-state index contributed by atoms with van der Waals surface area (Å²) < 4.78 is 0. The van der Waals surface area contributed by atoms with Crippen molar-refractivity contribution in [2.45, 2.75) is 37.5 Å². The Kier molecular flexibility index (Phi) is 8.99. The Morgan fingerprint density at radius 1 is 1.20 bits per heavy atom. The van der Waals surface area contributed by atoms with Gasteiger partial charge >= 0.3 is 0 Å². The van der Waals surface area contributed by atoms with Crippen molar-refractivity contribution in [3.63, 3.8) is 0 Å². The van der Waals surface area contributed by atoms with Gasteiger partial charge in [-0.1, -0.05) is 31.5 Å². The summed E-state index contributed by atoms with van der Waals surface area (Å²) >= 11 is 0. The molecule has 0 spiro atoms. The fourth-order valence-corrected chi connectivity index (χ4v) is 5.14. The summed E-state index contributed by atoms with van der Waals surface area (Å²) in [5.41, 5.74) is 0. The van der Waals surface area contributed by atoms with Crippen LogP contribution in [0.15, 0.2) is 0 Å². The summed E-state index contributed by atoms with van der Waals surface area (Å²) in [6, 6.07) is 5.77. The van der Waals surface area contributed by atoms with Crippen LogP contribution >= 0.6 is 0 Å². The van der Waals surface area contributed by atoms with Gasteiger partial charge in [-0.15, -0.1) is 12.3 Å². The molecule has 0 aromatic heterocycles. The summed E-state index contributed by atoms with van der Waals surface area (Å²) in [7, 11) is 0.531.